The van der Waals surface area contributed by atoms with Gasteiger partial charge >= 0.3 is 0 Å². The Bertz CT molecular complexity index is 1380. The standard InChI is InChI=1S/C29H34FN3O5S/c1-5-21(2)31-29(35)22(3)32(19-23-12-9-10-17-27(23)30)28(34)20-33(24-13-11-14-25(18-24)38-4)39(36,37)26-15-7-6-8-16-26/h6-18,21-22H,5,19-20H2,1-4H3,(H,31,35)/t21-,22+/m1/s1. The minimum atomic E-state index is -4.20. The number of anilines is 1. The molecule has 0 aromatic heterocycles. The molecule has 0 aliphatic rings. The zero-order valence-electron chi connectivity index (χ0n) is 22.5. The van der Waals surface area contributed by atoms with Crippen molar-refractivity contribution in [2.75, 3.05) is 18.0 Å². The van der Waals surface area contributed by atoms with Crippen molar-refractivity contribution in [1.29, 1.82) is 0 Å². The van der Waals surface area contributed by atoms with Gasteiger partial charge in [0, 0.05) is 24.2 Å². The zero-order valence-corrected chi connectivity index (χ0v) is 23.3. The molecular weight excluding hydrogens is 521 g/mol. The van der Waals surface area contributed by atoms with Gasteiger partial charge in [0.05, 0.1) is 17.7 Å². The van der Waals surface area contributed by atoms with Crippen molar-refractivity contribution < 1.29 is 27.1 Å². The van der Waals surface area contributed by atoms with Crippen LogP contribution in [0.4, 0.5) is 10.1 Å². The van der Waals surface area contributed by atoms with Crippen molar-refractivity contribution in [3.63, 3.8) is 0 Å². The number of nitrogens with zero attached hydrogens (tertiary/aromatic N) is 2. The number of methoxy groups -OCH3 is 1. The molecule has 39 heavy (non-hydrogen) atoms. The van der Waals surface area contributed by atoms with E-state index < -0.39 is 40.2 Å². The molecule has 0 fully saturated rings. The fourth-order valence-electron chi connectivity index (χ4n) is 3.87. The average molecular weight is 556 g/mol. The zero-order chi connectivity index (χ0) is 28.6. The van der Waals surface area contributed by atoms with E-state index in [2.05, 4.69) is 5.32 Å². The van der Waals surface area contributed by atoms with Crippen molar-refractivity contribution in [1.82, 2.24) is 10.2 Å². The number of rotatable bonds is 12. The Morgan fingerprint density at radius 3 is 2.28 bits per heavy atom. The maximum atomic E-state index is 14.6. The fraction of sp³-hybridized carbons (Fsp3) is 0.310. The second-order valence-corrected chi connectivity index (χ2v) is 11.0. The molecule has 208 valence electrons. The largest absolute Gasteiger partial charge is 0.497 e. The van der Waals surface area contributed by atoms with Crippen molar-refractivity contribution in [3.05, 3.63) is 90.2 Å². The number of amides is 2. The molecule has 0 saturated carbocycles. The highest BCUT2D eigenvalue weighted by Crippen LogP contribution is 2.27. The first-order chi connectivity index (χ1) is 18.6. The second kappa shape index (κ2) is 13.2. The number of benzene rings is 3. The van der Waals surface area contributed by atoms with Crippen LogP contribution in [0.1, 0.15) is 32.8 Å². The van der Waals surface area contributed by atoms with E-state index in [1.807, 2.05) is 13.8 Å². The molecule has 3 rings (SSSR count). The molecule has 1 N–H and O–H groups in total. The Balaban J connectivity index is 2.04. The summed E-state index contributed by atoms with van der Waals surface area (Å²) in [5.74, 6) is -1.23. The summed E-state index contributed by atoms with van der Waals surface area (Å²) >= 11 is 0. The smallest absolute Gasteiger partial charge is 0.264 e. The number of carbonyl (C=O) groups is 2. The van der Waals surface area contributed by atoms with E-state index in [-0.39, 0.29) is 28.7 Å². The normalized spacial score (nSPS) is 12.7. The van der Waals surface area contributed by atoms with Crippen LogP contribution in [0, 0.1) is 5.82 Å². The van der Waals surface area contributed by atoms with E-state index >= 15 is 0 Å². The van der Waals surface area contributed by atoms with Gasteiger partial charge in [0.25, 0.3) is 10.0 Å². The maximum Gasteiger partial charge on any atom is 0.264 e. The van der Waals surface area contributed by atoms with E-state index in [9.17, 15) is 22.4 Å². The molecule has 3 aromatic carbocycles. The van der Waals surface area contributed by atoms with Gasteiger partial charge in [0.15, 0.2) is 0 Å². The number of carbonyl (C=O) groups excluding carboxylic acids is 2. The molecule has 8 nitrogen and oxygen atoms in total. The summed E-state index contributed by atoms with van der Waals surface area (Å²) in [7, 11) is -2.75. The summed E-state index contributed by atoms with van der Waals surface area (Å²) in [6.07, 6.45) is 0.679. The van der Waals surface area contributed by atoms with Crippen LogP contribution < -0.4 is 14.4 Å². The lowest BCUT2D eigenvalue weighted by atomic mass is 10.1. The first-order valence-corrected chi connectivity index (χ1v) is 14.1. The van der Waals surface area contributed by atoms with Gasteiger partial charge in [-0.1, -0.05) is 49.4 Å². The molecule has 2 amide bonds. The number of sulfonamides is 1. The summed E-state index contributed by atoms with van der Waals surface area (Å²) in [5.41, 5.74) is 0.405. The molecule has 0 radical (unpaired) electrons. The Labute approximate surface area is 229 Å². The Morgan fingerprint density at radius 2 is 1.64 bits per heavy atom. The first kappa shape index (κ1) is 29.6. The summed E-state index contributed by atoms with van der Waals surface area (Å²) in [6, 6.07) is 18.9. The number of hydrogen-bond donors (Lipinski definition) is 1. The van der Waals surface area contributed by atoms with Crippen molar-refractivity contribution in [2.24, 2.45) is 0 Å². The molecular formula is C29H34FN3O5S. The van der Waals surface area contributed by atoms with Gasteiger partial charge in [-0.3, -0.25) is 13.9 Å². The molecule has 0 heterocycles. The van der Waals surface area contributed by atoms with Crippen molar-refractivity contribution >= 4 is 27.5 Å². The molecule has 0 bridgehead atoms. The third-order valence-electron chi connectivity index (χ3n) is 6.42. The van der Waals surface area contributed by atoms with Gasteiger partial charge in [-0.2, -0.15) is 0 Å². The molecule has 0 aliphatic heterocycles. The van der Waals surface area contributed by atoms with Crippen LogP contribution in [0.3, 0.4) is 0 Å². The number of halogens is 1. The van der Waals surface area contributed by atoms with Gasteiger partial charge in [0.2, 0.25) is 11.8 Å². The SMILES string of the molecule is CC[C@@H](C)NC(=O)[C@H](C)N(Cc1ccccc1F)C(=O)CN(c1cccc(OC)c1)S(=O)(=O)c1ccccc1. The van der Waals surface area contributed by atoms with Crippen molar-refractivity contribution in [2.45, 2.75) is 50.7 Å². The van der Waals surface area contributed by atoms with Crippen LogP contribution in [0.25, 0.3) is 0 Å². The Kier molecular flexibility index (Phi) is 10.1. The topological polar surface area (TPSA) is 96.0 Å². The molecule has 0 unspecified atom stereocenters. The maximum absolute atomic E-state index is 14.6. The van der Waals surface area contributed by atoms with E-state index in [1.165, 1.54) is 55.3 Å². The van der Waals surface area contributed by atoms with Crippen LogP contribution in [0.15, 0.2) is 83.8 Å². The molecule has 10 heteroatoms. The summed E-state index contributed by atoms with van der Waals surface area (Å²) in [4.78, 5) is 28.1. The predicted octanol–water partition coefficient (Wildman–Crippen LogP) is 4.36. The molecule has 0 aliphatic carbocycles. The lowest BCUT2D eigenvalue weighted by Crippen LogP contribution is -2.52. The van der Waals surface area contributed by atoms with Crippen LogP contribution in [-0.4, -0.2) is 50.9 Å². The van der Waals surface area contributed by atoms with Gasteiger partial charge < -0.3 is 15.0 Å². The van der Waals surface area contributed by atoms with Crippen LogP contribution in [0.5, 0.6) is 5.75 Å². The van der Waals surface area contributed by atoms with E-state index in [0.717, 1.165) is 4.31 Å². The van der Waals surface area contributed by atoms with Gasteiger partial charge in [-0.25, -0.2) is 12.8 Å². The number of hydrogen-bond acceptors (Lipinski definition) is 5. The number of ether oxygens (including phenoxy) is 1. The highest BCUT2D eigenvalue weighted by atomic mass is 32.2. The quantitative estimate of drug-likeness (QED) is 0.358. The molecule has 2 atom stereocenters. The average Bonchev–Trinajstić information content (AvgIpc) is 2.95. The highest BCUT2D eigenvalue weighted by molar-refractivity contribution is 7.92. The third kappa shape index (κ3) is 7.35. The van der Waals surface area contributed by atoms with E-state index in [0.29, 0.717) is 12.2 Å². The molecule has 0 spiro atoms. The minimum absolute atomic E-state index is 0.0103. The van der Waals surface area contributed by atoms with E-state index in [1.54, 1.807) is 42.5 Å². The lowest BCUT2D eigenvalue weighted by molar-refractivity contribution is -0.139. The monoisotopic (exact) mass is 555 g/mol. The van der Waals surface area contributed by atoms with Gasteiger partial charge in [-0.15, -0.1) is 0 Å². The first-order valence-electron chi connectivity index (χ1n) is 12.6. The summed E-state index contributed by atoms with van der Waals surface area (Å²) < 4.78 is 48.4. The fourth-order valence-corrected chi connectivity index (χ4v) is 5.30. The van der Waals surface area contributed by atoms with Crippen LogP contribution >= 0.6 is 0 Å². The van der Waals surface area contributed by atoms with E-state index in [4.69, 9.17) is 4.74 Å². The predicted molar refractivity (Wildman–Crippen MR) is 148 cm³/mol. The van der Waals surface area contributed by atoms with Gasteiger partial charge in [0.1, 0.15) is 24.2 Å². The third-order valence-corrected chi connectivity index (χ3v) is 8.21. The Hall–Kier alpha value is -3.92. The second-order valence-electron chi connectivity index (χ2n) is 9.13. The summed E-state index contributed by atoms with van der Waals surface area (Å²) in [6.45, 7) is 4.44. The van der Waals surface area contributed by atoms with Crippen LogP contribution in [-0.2, 0) is 26.2 Å². The van der Waals surface area contributed by atoms with Gasteiger partial charge in [-0.05, 0) is 50.6 Å². The molecule has 3 aromatic rings. The summed E-state index contributed by atoms with van der Waals surface area (Å²) in [5, 5.41) is 2.85. The highest BCUT2D eigenvalue weighted by Gasteiger charge is 2.33. The molecule has 0 saturated heterocycles. The Morgan fingerprint density at radius 1 is 0.974 bits per heavy atom. The lowest BCUT2D eigenvalue weighted by Gasteiger charge is -2.32. The number of nitrogens with one attached hydrogen (secondary N) is 1. The van der Waals surface area contributed by atoms with Crippen LogP contribution in [0.2, 0.25) is 0 Å². The van der Waals surface area contributed by atoms with Crippen molar-refractivity contribution in [3.8, 4) is 5.75 Å². The minimum Gasteiger partial charge on any atom is -0.497 e.